The van der Waals surface area contributed by atoms with Crippen LogP contribution < -0.4 is 0 Å². The van der Waals surface area contributed by atoms with Crippen LogP contribution in [0.2, 0.25) is 0 Å². The molecule has 2 saturated heterocycles. The first-order valence-electron chi connectivity index (χ1n) is 10.6. The Kier molecular flexibility index (Phi) is 12.4. The van der Waals surface area contributed by atoms with Gasteiger partial charge in [-0.1, -0.05) is 0 Å². The topological polar surface area (TPSA) is 122 Å². The fraction of sp³-hybridized carbons (Fsp3) is 0.714. The van der Waals surface area contributed by atoms with Crippen molar-refractivity contribution in [1.82, 2.24) is 14.7 Å². The van der Waals surface area contributed by atoms with E-state index in [1.165, 1.54) is 40.2 Å². The van der Waals surface area contributed by atoms with Crippen molar-refractivity contribution in [3.8, 4) is 0 Å². The van der Waals surface area contributed by atoms with Crippen LogP contribution in [0.5, 0.6) is 0 Å². The minimum Gasteiger partial charge on any atom is -0.471 e. The van der Waals surface area contributed by atoms with E-state index in [1.807, 2.05) is 10.9 Å². The lowest BCUT2D eigenvalue weighted by molar-refractivity contribution is -0.128. The molecule has 2 atom stereocenters. The van der Waals surface area contributed by atoms with Crippen molar-refractivity contribution in [2.24, 2.45) is 9.98 Å². The Morgan fingerprint density at radius 3 is 2.41 bits per heavy atom. The van der Waals surface area contributed by atoms with Gasteiger partial charge in [-0.3, -0.25) is 9.79 Å². The first-order chi connectivity index (χ1) is 15.2. The van der Waals surface area contributed by atoms with Gasteiger partial charge in [0.2, 0.25) is 0 Å². The summed E-state index contributed by atoms with van der Waals surface area (Å²) in [6.45, 7) is 10.8. The molecular weight excluding hydrogens is 438 g/mol. The van der Waals surface area contributed by atoms with Gasteiger partial charge in [-0.05, 0) is 59.6 Å². The third kappa shape index (κ3) is 9.64. The number of amidine groups is 1. The van der Waals surface area contributed by atoms with Crippen LogP contribution in [-0.2, 0) is 14.3 Å². The number of rotatable bonds is 5. The average Bonchev–Trinajstić information content (AvgIpc) is 3.37. The van der Waals surface area contributed by atoms with Crippen LogP contribution in [0.1, 0.15) is 64.7 Å². The smallest absolute Gasteiger partial charge is 0.292 e. The lowest BCUT2D eigenvalue weighted by Gasteiger charge is -2.29. The van der Waals surface area contributed by atoms with Crippen LogP contribution in [0, 0.1) is 0 Å². The predicted molar refractivity (Wildman–Crippen MR) is 125 cm³/mol. The number of halogens is 1. The predicted octanol–water partition coefficient (Wildman–Crippen LogP) is 2.84. The summed E-state index contributed by atoms with van der Waals surface area (Å²) in [7, 11) is 1.31. The summed E-state index contributed by atoms with van der Waals surface area (Å²) in [5.74, 6) is 0.0953. The second-order valence-electron chi connectivity index (χ2n) is 7.94. The van der Waals surface area contributed by atoms with E-state index in [0.717, 1.165) is 43.1 Å². The molecule has 2 aliphatic rings. The van der Waals surface area contributed by atoms with Crippen molar-refractivity contribution in [2.75, 3.05) is 26.2 Å². The zero-order valence-electron chi connectivity index (χ0n) is 19.4. The zero-order valence-corrected chi connectivity index (χ0v) is 20.2. The highest BCUT2D eigenvalue weighted by Crippen LogP contribution is 2.33. The largest absolute Gasteiger partial charge is 0.471 e. The highest BCUT2D eigenvalue weighted by molar-refractivity contribution is 6.18. The number of hydrogen-bond acceptors (Lipinski definition) is 8. The molecule has 0 aliphatic carbocycles. The van der Waals surface area contributed by atoms with Gasteiger partial charge in [0.05, 0.1) is 25.0 Å². The molecule has 2 unspecified atom stereocenters. The molecule has 0 amide bonds. The Morgan fingerprint density at radius 2 is 1.97 bits per heavy atom. The number of alkyl halides is 1. The second-order valence-corrected chi connectivity index (χ2v) is 8.18. The molecular formula is C21H36ClN5O5. The standard InChI is InChI=1S/C16H24ClN5O.C3H8O2.C2H4O2/c1-12-6-7-14(23-12)22-15(18-2)13(10-20-22)16(19-11-17)21-8-4-3-5-9-21;1-3(2,4)5;1-4-2-3/h10,12,14H,2-9,11H2,1H3;4-5H,1-2H3;2H,1H3/b19-16+;;. The third-order valence-electron chi connectivity index (χ3n) is 4.60. The molecule has 1 aromatic rings. The van der Waals surface area contributed by atoms with Crippen LogP contribution in [0.15, 0.2) is 16.2 Å². The Labute approximate surface area is 194 Å². The summed E-state index contributed by atoms with van der Waals surface area (Å²) in [6.07, 6.45) is 7.59. The Hall–Kier alpha value is -2.01. The molecule has 11 heteroatoms. The molecule has 1 aromatic heterocycles. The molecule has 182 valence electrons. The number of methoxy groups -OCH3 is 1. The lowest BCUT2D eigenvalue weighted by Crippen LogP contribution is -2.36. The van der Waals surface area contributed by atoms with E-state index < -0.39 is 5.79 Å². The van der Waals surface area contributed by atoms with E-state index in [1.54, 1.807) is 0 Å². The first kappa shape index (κ1) is 28.0. The summed E-state index contributed by atoms with van der Waals surface area (Å²) in [6, 6.07) is 0.227. The molecule has 3 rings (SSSR count). The summed E-state index contributed by atoms with van der Waals surface area (Å²) < 4.78 is 11.6. The second kappa shape index (κ2) is 14.2. The molecule has 2 N–H and O–H groups in total. The maximum Gasteiger partial charge on any atom is 0.292 e. The summed E-state index contributed by atoms with van der Waals surface area (Å²) in [5, 5.41) is 20.7. The van der Waals surface area contributed by atoms with Gasteiger partial charge in [-0.15, -0.1) is 11.6 Å². The maximum atomic E-state index is 8.95. The van der Waals surface area contributed by atoms with Gasteiger partial charge in [0.25, 0.3) is 6.47 Å². The fourth-order valence-electron chi connectivity index (χ4n) is 3.36. The van der Waals surface area contributed by atoms with Gasteiger partial charge >= 0.3 is 0 Å². The molecule has 2 aliphatic heterocycles. The van der Waals surface area contributed by atoms with Gasteiger partial charge in [0.15, 0.2) is 17.8 Å². The number of nitrogens with zero attached hydrogens (tertiary/aromatic N) is 5. The molecule has 10 nitrogen and oxygen atoms in total. The third-order valence-corrected chi connectivity index (χ3v) is 4.72. The van der Waals surface area contributed by atoms with Gasteiger partial charge in [-0.2, -0.15) is 5.10 Å². The summed E-state index contributed by atoms with van der Waals surface area (Å²) in [5.41, 5.74) is 0.894. The van der Waals surface area contributed by atoms with Crippen molar-refractivity contribution < 1.29 is 24.5 Å². The van der Waals surface area contributed by atoms with Crippen molar-refractivity contribution in [2.45, 2.75) is 71.0 Å². The molecule has 32 heavy (non-hydrogen) atoms. The monoisotopic (exact) mass is 473 g/mol. The van der Waals surface area contributed by atoms with E-state index in [0.29, 0.717) is 6.47 Å². The van der Waals surface area contributed by atoms with E-state index in [9.17, 15) is 0 Å². The fourth-order valence-corrected chi connectivity index (χ4v) is 3.47. The number of aliphatic imine (C=N–C) groups is 2. The summed E-state index contributed by atoms with van der Waals surface area (Å²) in [4.78, 5) is 20.0. The number of aromatic nitrogens is 2. The normalized spacial score (nSPS) is 21.1. The minimum atomic E-state index is -1.50. The summed E-state index contributed by atoms with van der Waals surface area (Å²) >= 11 is 5.90. The van der Waals surface area contributed by atoms with E-state index in [-0.39, 0.29) is 18.3 Å². The first-order valence-corrected chi connectivity index (χ1v) is 11.2. The highest BCUT2D eigenvalue weighted by Gasteiger charge is 2.29. The van der Waals surface area contributed by atoms with Gasteiger partial charge < -0.3 is 24.6 Å². The molecule has 0 bridgehead atoms. The minimum absolute atomic E-state index is 0.0714. The Morgan fingerprint density at radius 1 is 1.38 bits per heavy atom. The van der Waals surface area contributed by atoms with Crippen molar-refractivity contribution in [3.63, 3.8) is 0 Å². The Balaban J connectivity index is 0.000000485. The number of likely N-dealkylation sites (tertiary alicyclic amines) is 1. The number of piperidine rings is 1. The maximum absolute atomic E-state index is 8.95. The molecule has 0 saturated carbocycles. The molecule has 3 heterocycles. The number of carbonyl (C=O) groups is 1. The SMILES string of the molecule is C=Nc1c(/C(=N\CCl)N2CCCCC2)cnn1C1CCC(C)O1.CC(C)(O)O.COC=O. The van der Waals surface area contributed by atoms with Crippen LogP contribution >= 0.6 is 11.6 Å². The number of hydrogen-bond donors (Lipinski definition) is 2. The van der Waals surface area contributed by atoms with Crippen LogP contribution in [0.25, 0.3) is 0 Å². The van der Waals surface area contributed by atoms with Crippen LogP contribution in [0.4, 0.5) is 5.82 Å². The lowest BCUT2D eigenvalue weighted by atomic mass is 10.1. The van der Waals surface area contributed by atoms with Crippen molar-refractivity contribution >= 4 is 36.4 Å². The molecule has 2 fully saturated rings. The zero-order chi connectivity index (χ0) is 24.1. The van der Waals surface area contributed by atoms with Gasteiger partial charge in [-0.25, -0.2) is 9.67 Å². The number of ether oxygens (including phenoxy) is 2. The van der Waals surface area contributed by atoms with Crippen LogP contribution in [-0.4, -0.2) is 82.0 Å². The van der Waals surface area contributed by atoms with E-state index in [2.05, 4.69) is 38.4 Å². The van der Waals surface area contributed by atoms with Crippen LogP contribution in [0.3, 0.4) is 0 Å². The Bertz CT molecular complexity index is 723. The number of aliphatic hydroxyl groups is 2. The number of carbonyl (C=O) groups excluding carboxylic acids is 1. The average molecular weight is 474 g/mol. The molecule has 0 radical (unpaired) electrons. The molecule has 0 aromatic carbocycles. The van der Waals surface area contributed by atoms with E-state index >= 15 is 0 Å². The van der Waals surface area contributed by atoms with Gasteiger partial charge in [0, 0.05) is 13.1 Å². The highest BCUT2D eigenvalue weighted by atomic mass is 35.5. The van der Waals surface area contributed by atoms with Crippen molar-refractivity contribution in [3.05, 3.63) is 11.8 Å². The van der Waals surface area contributed by atoms with Gasteiger partial charge in [0.1, 0.15) is 11.8 Å². The van der Waals surface area contributed by atoms with Crippen molar-refractivity contribution in [1.29, 1.82) is 0 Å². The van der Waals surface area contributed by atoms with E-state index in [4.69, 9.17) is 31.3 Å². The quantitative estimate of drug-likeness (QED) is 0.168. The molecule has 0 spiro atoms.